The van der Waals surface area contributed by atoms with Crippen LogP contribution in [-0.4, -0.2) is 19.5 Å². The largest absolute Gasteiger partial charge is 0.416 e. The summed E-state index contributed by atoms with van der Waals surface area (Å²) in [6.07, 6.45) is -3.19. The van der Waals surface area contributed by atoms with Gasteiger partial charge >= 0.3 is 12.0 Å². The standard InChI is InChI=1S/C12H6BrF3N4O2S/c13-11-18-9(20(21)22)4-19(11)5-10-17-7-3-6(12(14,15)16)1-2-8(7)23-10/h1-4H,5H2. The second kappa shape index (κ2) is 5.57. The molecule has 3 rings (SSSR count). The summed E-state index contributed by atoms with van der Waals surface area (Å²) in [4.78, 5) is 17.9. The monoisotopic (exact) mass is 406 g/mol. The number of thiazole rings is 1. The van der Waals surface area contributed by atoms with Crippen molar-refractivity contribution in [2.75, 3.05) is 0 Å². The number of nitro groups is 1. The lowest BCUT2D eigenvalue weighted by molar-refractivity contribution is -0.389. The molecule has 0 fully saturated rings. The summed E-state index contributed by atoms with van der Waals surface area (Å²) in [5.74, 6) is -0.322. The van der Waals surface area contributed by atoms with Gasteiger partial charge in [-0.25, -0.2) is 4.98 Å². The number of nitrogens with zero attached hydrogens (tertiary/aromatic N) is 4. The van der Waals surface area contributed by atoms with Crippen LogP contribution in [0.1, 0.15) is 10.6 Å². The van der Waals surface area contributed by atoms with Crippen molar-refractivity contribution in [3.63, 3.8) is 0 Å². The van der Waals surface area contributed by atoms with Gasteiger partial charge in [0, 0.05) is 15.9 Å². The molecule has 0 saturated carbocycles. The maximum Gasteiger partial charge on any atom is 0.416 e. The van der Waals surface area contributed by atoms with Crippen molar-refractivity contribution >= 4 is 43.3 Å². The van der Waals surface area contributed by atoms with Gasteiger partial charge in [0.1, 0.15) is 11.2 Å². The normalized spacial score (nSPS) is 12.0. The first-order valence-corrected chi connectivity index (χ1v) is 7.69. The molecule has 0 aliphatic rings. The molecule has 0 saturated heterocycles. The number of benzene rings is 1. The molecule has 0 N–H and O–H groups in total. The maximum atomic E-state index is 12.7. The Hall–Kier alpha value is -2.01. The molecule has 11 heteroatoms. The van der Waals surface area contributed by atoms with Crippen LogP contribution >= 0.6 is 27.3 Å². The predicted molar refractivity (Wildman–Crippen MR) is 80.3 cm³/mol. The molecule has 0 atom stereocenters. The molecule has 0 spiro atoms. The van der Waals surface area contributed by atoms with Crippen LogP contribution in [0.25, 0.3) is 10.2 Å². The molecule has 23 heavy (non-hydrogen) atoms. The van der Waals surface area contributed by atoms with E-state index < -0.39 is 16.7 Å². The summed E-state index contributed by atoms with van der Waals surface area (Å²) in [6, 6.07) is 3.35. The fourth-order valence-corrected chi connectivity index (χ4v) is 3.30. The molecule has 2 aromatic heterocycles. The molecular weight excluding hydrogens is 401 g/mol. The Morgan fingerprint density at radius 2 is 2.09 bits per heavy atom. The third kappa shape index (κ3) is 3.20. The number of hydrogen-bond acceptors (Lipinski definition) is 5. The Morgan fingerprint density at radius 1 is 1.35 bits per heavy atom. The van der Waals surface area contributed by atoms with E-state index in [1.165, 1.54) is 28.2 Å². The molecule has 1 aromatic carbocycles. The van der Waals surface area contributed by atoms with E-state index in [1.807, 2.05) is 0 Å². The molecule has 120 valence electrons. The minimum Gasteiger partial charge on any atom is -0.358 e. The average Bonchev–Trinajstić information content (AvgIpc) is 3.01. The summed E-state index contributed by atoms with van der Waals surface area (Å²) in [5.41, 5.74) is -0.521. The van der Waals surface area contributed by atoms with Gasteiger partial charge in [-0.05, 0) is 28.1 Å². The van der Waals surface area contributed by atoms with E-state index in [9.17, 15) is 23.3 Å². The SMILES string of the molecule is O=[N+]([O-])c1cn(Cc2nc3cc(C(F)(F)F)ccc3s2)c(Br)n1. The quantitative estimate of drug-likeness (QED) is 0.481. The van der Waals surface area contributed by atoms with Crippen molar-refractivity contribution < 1.29 is 18.1 Å². The van der Waals surface area contributed by atoms with Gasteiger partial charge in [0.25, 0.3) is 4.73 Å². The van der Waals surface area contributed by atoms with Crippen molar-refractivity contribution in [1.29, 1.82) is 0 Å². The maximum absolute atomic E-state index is 12.7. The van der Waals surface area contributed by atoms with Crippen LogP contribution in [0.4, 0.5) is 19.0 Å². The fourth-order valence-electron chi connectivity index (χ4n) is 1.94. The Bertz CT molecular complexity index is 905. The van der Waals surface area contributed by atoms with Crippen LogP contribution in [0.3, 0.4) is 0 Å². The van der Waals surface area contributed by atoms with Crippen LogP contribution < -0.4 is 0 Å². The Morgan fingerprint density at radius 3 is 2.70 bits per heavy atom. The molecular formula is C12H6BrF3N4O2S. The molecule has 0 aliphatic heterocycles. The Labute approximate surface area is 138 Å². The van der Waals surface area contributed by atoms with E-state index in [4.69, 9.17) is 0 Å². The van der Waals surface area contributed by atoms with Gasteiger partial charge in [0.2, 0.25) is 0 Å². The van der Waals surface area contributed by atoms with Crippen LogP contribution in [0.2, 0.25) is 0 Å². The minimum atomic E-state index is -4.42. The molecule has 3 aromatic rings. The van der Waals surface area contributed by atoms with Crippen LogP contribution in [-0.2, 0) is 12.7 Å². The summed E-state index contributed by atoms with van der Waals surface area (Å²) in [5, 5.41) is 11.2. The van der Waals surface area contributed by atoms with Gasteiger partial charge in [-0.3, -0.25) is 4.57 Å². The van der Waals surface area contributed by atoms with E-state index in [2.05, 4.69) is 25.9 Å². The Kier molecular flexibility index (Phi) is 3.84. The van der Waals surface area contributed by atoms with E-state index in [0.29, 0.717) is 9.71 Å². The summed E-state index contributed by atoms with van der Waals surface area (Å²) in [7, 11) is 0. The van der Waals surface area contributed by atoms with Gasteiger partial charge in [-0.15, -0.1) is 11.3 Å². The summed E-state index contributed by atoms with van der Waals surface area (Å²) < 4.78 is 40.4. The molecule has 0 unspecified atom stereocenters. The van der Waals surface area contributed by atoms with E-state index in [-0.39, 0.29) is 22.6 Å². The fraction of sp³-hybridized carbons (Fsp3) is 0.167. The summed E-state index contributed by atoms with van der Waals surface area (Å²) >= 11 is 4.32. The number of imidazole rings is 1. The third-order valence-corrected chi connectivity index (χ3v) is 4.62. The van der Waals surface area contributed by atoms with E-state index in [1.54, 1.807) is 0 Å². The van der Waals surface area contributed by atoms with E-state index in [0.717, 1.165) is 12.1 Å². The minimum absolute atomic E-state index is 0.169. The molecule has 0 bridgehead atoms. The van der Waals surface area contributed by atoms with Gasteiger partial charge in [0.15, 0.2) is 0 Å². The highest BCUT2D eigenvalue weighted by molar-refractivity contribution is 9.10. The van der Waals surface area contributed by atoms with Gasteiger partial charge < -0.3 is 10.1 Å². The lowest BCUT2D eigenvalue weighted by Crippen LogP contribution is -2.04. The number of halogens is 4. The van der Waals surface area contributed by atoms with Crippen LogP contribution in [0.5, 0.6) is 0 Å². The summed E-state index contributed by atoms with van der Waals surface area (Å²) in [6.45, 7) is 0.169. The topological polar surface area (TPSA) is 73.8 Å². The number of alkyl halides is 3. The first-order valence-electron chi connectivity index (χ1n) is 6.08. The zero-order chi connectivity index (χ0) is 16.8. The van der Waals surface area contributed by atoms with Crippen LogP contribution in [0.15, 0.2) is 29.1 Å². The van der Waals surface area contributed by atoms with Gasteiger partial charge in [-0.1, -0.05) is 0 Å². The molecule has 2 heterocycles. The predicted octanol–water partition coefficient (Wildman–Crippen LogP) is 4.23. The van der Waals surface area contributed by atoms with Crippen molar-refractivity contribution in [2.24, 2.45) is 0 Å². The second-order valence-electron chi connectivity index (χ2n) is 4.54. The average molecular weight is 407 g/mol. The van der Waals surface area contributed by atoms with Crippen molar-refractivity contribution in [1.82, 2.24) is 14.5 Å². The number of hydrogen-bond donors (Lipinski definition) is 0. The first kappa shape index (κ1) is 15.9. The number of aromatic nitrogens is 3. The molecule has 0 radical (unpaired) electrons. The Balaban J connectivity index is 1.93. The zero-order valence-electron chi connectivity index (χ0n) is 11.0. The lowest BCUT2D eigenvalue weighted by Gasteiger charge is -2.04. The first-order chi connectivity index (χ1) is 10.7. The van der Waals surface area contributed by atoms with Crippen molar-refractivity contribution in [3.8, 4) is 0 Å². The van der Waals surface area contributed by atoms with E-state index >= 15 is 0 Å². The highest BCUT2D eigenvalue weighted by Gasteiger charge is 2.30. The number of rotatable bonds is 3. The molecule has 0 amide bonds. The molecule has 6 nitrogen and oxygen atoms in total. The lowest BCUT2D eigenvalue weighted by atomic mass is 10.2. The third-order valence-electron chi connectivity index (χ3n) is 2.97. The zero-order valence-corrected chi connectivity index (χ0v) is 13.4. The van der Waals surface area contributed by atoms with Crippen molar-refractivity contribution in [2.45, 2.75) is 12.7 Å². The highest BCUT2D eigenvalue weighted by Crippen LogP contribution is 2.33. The second-order valence-corrected chi connectivity index (χ2v) is 6.37. The number of fused-ring (bicyclic) bond motifs is 1. The van der Waals surface area contributed by atoms with Crippen LogP contribution in [0, 0.1) is 10.1 Å². The highest BCUT2D eigenvalue weighted by atomic mass is 79.9. The van der Waals surface area contributed by atoms with Gasteiger partial charge in [-0.2, -0.15) is 13.2 Å². The van der Waals surface area contributed by atoms with Gasteiger partial charge in [0.05, 0.1) is 22.3 Å². The molecule has 0 aliphatic carbocycles. The smallest absolute Gasteiger partial charge is 0.358 e. The van der Waals surface area contributed by atoms with Crippen molar-refractivity contribution in [3.05, 3.63) is 49.8 Å².